The number of ether oxygens (including phenoxy) is 2. The molecule has 6 heteroatoms. The summed E-state index contributed by atoms with van der Waals surface area (Å²) in [4.78, 5) is 0. The second kappa shape index (κ2) is 7.12. The molecule has 2 aliphatic rings. The molecular formula is C19H22F2N2O2. The third-order valence-electron chi connectivity index (χ3n) is 5.08. The van der Waals surface area contributed by atoms with Gasteiger partial charge in [0.1, 0.15) is 5.75 Å². The first-order valence-electron chi connectivity index (χ1n) is 8.95. The van der Waals surface area contributed by atoms with Gasteiger partial charge in [-0.1, -0.05) is 12.1 Å². The molecule has 0 atom stereocenters. The fourth-order valence-corrected chi connectivity index (χ4v) is 3.91. The molecule has 2 heterocycles. The zero-order chi connectivity index (χ0) is 17.2. The highest BCUT2D eigenvalue weighted by molar-refractivity contribution is 5.66. The van der Waals surface area contributed by atoms with Gasteiger partial charge in [-0.15, -0.1) is 0 Å². The van der Waals surface area contributed by atoms with E-state index in [4.69, 9.17) is 9.84 Å². The second-order valence-corrected chi connectivity index (χ2v) is 6.68. The summed E-state index contributed by atoms with van der Waals surface area (Å²) >= 11 is 0. The minimum absolute atomic E-state index is 0.178. The summed E-state index contributed by atoms with van der Waals surface area (Å²) in [6.07, 6.45) is 6.30. The summed E-state index contributed by atoms with van der Waals surface area (Å²) in [5, 5.41) is 4.92. The molecule has 25 heavy (non-hydrogen) atoms. The Balaban J connectivity index is 1.73. The maximum atomic E-state index is 12.5. The van der Waals surface area contributed by atoms with E-state index in [9.17, 15) is 8.78 Å². The predicted octanol–water partition coefficient (Wildman–Crippen LogP) is 4.38. The van der Waals surface area contributed by atoms with Crippen molar-refractivity contribution in [1.29, 1.82) is 0 Å². The lowest BCUT2D eigenvalue weighted by atomic mass is 9.93. The standard InChI is InChI=1S/C19H22F2N2O2/c20-19(21)25-15-5-3-4-13(12-15)18-16-6-1-2-7-17(16)23(22-18)14-8-10-24-11-9-14/h3-5,12,14,19H,1-2,6-11H2. The highest BCUT2D eigenvalue weighted by atomic mass is 19.3. The van der Waals surface area contributed by atoms with E-state index in [0.717, 1.165) is 56.6 Å². The number of fused-ring (bicyclic) bond motifs is 1. The number of nitrogens with zero attached hydrogens (tertiary/aromatic N) is 2. The Morgan fingerprint density at radius 2 is 1.96 bits per heavy atom. The molecule has 0 bridgehead atoms. The van der Waals surface area contributed by atoms with Crippen LogP contribution in [0.1, 0.15) is 43.0 Å². The fourth-order valence-electron chi connectivity index (χ4n) is 3.91. The SMILES string of the molecule is FC(F)Oc1cccc(-c2nn(C3CCOCC3)c3c2CCCC3)c1. The number of benzene rings is 1. The molecule has 0 radical (unpaired) electrons. The van der Waals surface area contributed by atoms with E-state index in [1.165, 1.54) is 17.7 Å². The van der Waals surface area contributed by atoms with E-state index < -0.39 is 6.61 Å². The predicted molar refractivity (Wildman–Crippen MR) is 90.0 cm³/mol. The number of halogens is 2. The van der Waals surface area contributed by atoms with E-state index >= 15 is 0 Å². The van der Waals surface area contributed by atoms with E-state index in [1.807, 2.05) is 6.07 Å². The van der Waals surface area contributed by atoms with Crippen molar-refractivity contribution in [2.45, 2.75) is 51.2 Å². The Kier molecular flexibility index (Phi) is 4.70. The lowest BCUT2D eigenvalue weighted by Gasteiger charge is -2.25. The van der Waals surface area contributed by atoms with Crippen molar-refractivity contribution in [3.63, 3.8) is 0 Å². The van der Waals surface area contributed by atoms with Crippen molar-refractivity contribution in [2.75, 3.05) is 13.2 Å². The van der Waals surface area contributed by atoms with Crippen LogP contribution in [0.15, 0.2) is 24.3 Å². The van der Waals surface area contributed by atoms with Gasteiger partial charge in [-0.3, -0.25) is 4.68 Å². The quantitative estimate of drug-likeness (QED) is 0.823. The molecule has 134 valence electrons. The van der Waals surface area contributed by atoms with Crippen molar-refractivity contribution >= 4 is 0 Å². The third kappa shape index (κ3) is 3.40. The van der Waals surface area contributed by atoms with Gasteiger partial charge in [0, 0.05) is 30.0 Å². The Morgan fingerprint density at radius 1 is 1.16 bits per heavy atom. The van der Waals surface area contributed by atoms with E-state index in [2.05, 4.69) is 9.42 Å². The maximum Gasteiger partial charge on any atom is 0.387 e. The molecule has 1 aliphatic heterocycles. The number of rotatable bonds is 4. The molecule has 1 fully saturated rings. The number of hydrogen-bond acceptors (Lipinski definition) is 3. The Morgan fingerprint density at radius 3 is 2.76 bits per heavy atom. The zero-order valence-electron chi connectivity index (χ0n) is 14.1. The highest BCUT2D eigenvalue weighted by Crippen LogP contribution is 2.36. The first kappa shape index (κ1) is 16.5. The van der Waals surface area contributed by atoms with Gasteiger partial charge in [0.2, 0.25) is 0 Å². The molecule has 0 amide bonds. The van der Waals surface area contributed by atoms with Crippen molar-refractivity contribution in [2.24, 2.45) is 0 Å². The Bertz CT molecular complexity index is 739. The summed E-state index contributed by atoms with van der Waals surface area (Å²) in [5.74, 6) is 0.178. The highest BCUT2D eigenvalue weighted by Gasteiger charge is 2.26. The normalized spacial score (nSPS) is 18.4. The topological polar surface area (TPSA) is 36.3 Å². The molecule has 1 aromatic heterocycles. The number of aromatic nitrogens is 2. The molecular weight excluding hydrogens is 326 g/mol. The summed E-state index contributed by atoms with van der Waals surface area (Å²) in [7, 11) is 0. The summed E-state index contributed by atoms with van der Waals surface area (Å²) < 4.78 is 37.3. The molecule has 1 aromatic carbocycles. The largest absolute Gasteiger partial charge is 0.435 e. The van der Waals surface area contributed by atoms with Gasteiger partial charge in [-0.25, -0.2) is 0 Å². The molecule has 2 aromatic rings. The van der Waals surface area contributed by atoms with Crippen LogP contribution >= 0.6 is 0 Å². The zero-order valence-corrected chi connectivity index (χ0v) is 14.1. The Labute approximate surface area is 145 Å². The van der Waals surface area contributed by atoms with Gasteiger partial charge in [0.15, 0.2) is 0 Å². The van der Waals surface area contributed by atoms with Crippen LogP contribution in [-0.4, -0.2) is 29.6 Å². The van der Waals surface area contributed by atoms with Crippen molar-refractivity contribution in [3.8, 4) is 17.0 Å². The van der Waals surface area contributed by atoms with Crippen LogP contribution < -0.4 is 4.74 Å². The van der Waals surface area contributed by atoms with Crippen LogP contribution in [0.2, 0.25) is 0 Å². The van der Waals surface area contributed by atoms with Gasteiger partial charge in [-0.05, 0) is 50.7 Å². The van der Waals surface area contributed by atoms with Crippen LogP contribution in [0.3, 0.4) is 0 Å². The average molecular weight is 348 g/mol. The molecule has 4 rings (SSSR count). The van der Waals surface area contributed by atoms with E-state index in [-0.39, 0.29) is 5.75 Å². The van der Waals surface area contributed by atoms with Gasteiger partial charge >= 0.3 is 6.61 Å². The van der Waals surface area contributed by atoms with Crippen LogP contribution in [0, 0.1) is 0 Å². The molecule has 4 nitrogen and oxygen atoms in total. The van der Waals surface area contributed by atoms with E-state index in [0.29, 0.717) is 6.04 Å². The Hall–Kier alpha value is -1.95. The van der Waals surface area contributed by atoms with Gasteiger partial charge in [0.25, 0.3) is 0 Å². The van der Waals surface area contributed by atoms with Crippen molar-refractivity contribution in [3.05, 3.63) is 35.5 Å². The third-order valence-corrected chi connectivity index (χ3v) is 5.08. The summed E-state index contributed by atoms with van der Waals surface area (Å²) in [5.41, 5.74) is 4.35. The number of hydrogen-bond donors (Lipinski definition) is 0. The van der Waals surface area contributed by atoms with E-state index in [1.54, 1.807) is 18.2 Å². The molecule has 0 spiro atoms. The second-order valence-electron chi connectivity index (χ2n) is 6.68. The minimum Gasteiger partial charge on any atom is -0.435 e. The fraction of sp³-hybridized carbons (Fsp3) is 0.526. The molecule has 0 unspecified atom stereocenters. The molecule has 0 N–H and O–H groups in total. The molecule has 1 saturated heterocycles. The monoisotopic (exact) mass is 348 g/mol. The average Bonchev–Trinajstić information content (AvgIpc) is 3.02. The molecule has 1 aliphatic carbocycles. The molecule has 0 saturated carbocycles. The first-order valence-corrected chi connectivity index (χ1v) is 8.95. The van der Waals surface area contributed by atoms with Crippen LogP contribution in [0.5, 0.6) is 5.75 Å². The van der Waals surface area contributed by atoms with Crippen LogP contribution in [0.25, 0.3) is 11.3 Å². The maximum absolute atomic E-state index is 12.5. The minimum atomic E-state index is -2.82. The van der Waals surface area contributed by atoms with Gasteiger partial charge in [-0.2, -0.15) is 13.9 Å². The van der Waals surface area contributed by atoms with Gasteiger partial charge in [0.05, 0.1) is 11.7 Å². The lowest BCUT2D eigenvalue weighted by Crippen LogP contribution is -2.22. The number of alkyl halides is 2. The van der Waals surface area contributed by atoms with Gasteiger partial charge < -0.3 is 9.47 Å². The van der Waals surface area contributed by atoms with Crippen LogP contribution in [-0.2, 0) is 17.6 Å². The van der Waals surface area contributed by atoms with Crippen molar-refractivity contribution < 1.29 is 18.3 Å². The first-order chi connectivity index (χ1) is 12.2. The lowest BCUT2D eigenvalue weighted by molar-refractivity contribution is -0.0498. The summed E-state index contributed by atoms with van der Waals surface area (Å²) in [6.45, 7) is -1.28. The van der Waals surface area contributed by atoms with Crippen LogP contribution in [0.4, 0.5) is 8.78 Å². The van der Waals surface area contributed by atoms with Crippen molar-refractivity contribution in [1.82, 2.24) is 9.78 Å². The smallest absolute Gasteiger partial charge is 0.387 e. The summed E-state index contributed by atoms with van der Waals surface area (Å²) in [6, 6.07) is 7.25.